The number of hydrogen-bond donors (Lipinski definition) is 0. The second-order valence-corrected chi connectivity index (χ2v) is 12.8. The Morgan fingerprint density at radius 1 is 0.615 bits per heavy atom. The quantitative estimate of drug-likeness (QED) is 0.127. The number of fused-ring (bicyclic) bond motifs is 1. The van der Waals surface area contributed by atoms with Gasteiger partial charge in [0.05, 0.1) is 11.0 Å². The summed E-state index contributed by atoms with van der Waals surface area (Å²) < 4.78 is 2.17. The van der Waals surface area contributed by atoms with Crippen molar-refractivity contribution in [2.75, 3.05) is 0 Å². The zero-order valence-corrected chi connectivity index (χ0v) is 34.6. The van der Waals surface area contributed by atoms with E-state index in [0.717, 1.165) is 56.1 Å². The van der Waals surface area contributed by atoms with Crippen molar-refractivity contribution < 1.29 is 52.8 Å². The van der Waals surface area contributed by atoms with Crippen molar-refractivity contribution >= 4 is 19.4 Å². The molecule has 6 heteroatoms. The first-order valence-corrected chi connectivity index (χ1v) is 16.4. The minimum Gasteiger partial charge on any atom is -0.374 e. The average molecular weight is 922 g/mol. The molecule has 0 N–H and O–H groups in total. The molecule has 0 saturated carbocycles. The smallest absolute Gasteiger partial charge is 0.0668 e. The summed E-state index contributed by atoms with van der Waals surface area (Å²) in [6.45, 7) is 6.63. The Balaban J connectivity index is 0.000000272. The van der Waals surface area contributed by atoms with Gasteiger partial charge in [-0.15, -0.1) is 60.2 Å². The molecule has 0 aliphatic heterocycles. The minimum absolute atomic E-state index is 0. The number of rotatable bonds is 5. The van der Waals surface area contributed by atoms with Gasteiger partial charge in [-0.2, -0.15) is 5.56 Å². The molecule has 8 aromatic rings. The van der Waals surface area contributed by atoms with Crippen LogP contribution in [0.1, 0.15) is 26.3 Å². The molecule has 52 heavy (non-hydrogen) atoms. The maximum Gasteiger partial charge on any atom is 0.0668 e. The summed E-state index contributed by atoms with van der Waals surface area (Å²) in [6, 6.07) is 64.7. The molecule has 0 spiro atoms. The van der Waals surface area contributed by atoms with E-state index in [0.29, 0.717) is 0 Å². The molecule has 2 aromatic heterocycles. The fraction of sp³-hybridized carbons (Fsp3) is 0.0870. The van der Waals surface area contributed by atoms with Crippen molar-refractivity contribution in [3.8, 4) is 50.6 Å². The van der Waals surface area contributed by atoms with Crippen LogP contribution < -0.4 is 0 Å². The Morgan fingerprint density at radius 2 is 1.33 bits per heavy atom. The van der Waals surface area contributed by atoms with Gasteiger partial charge in [-0.3, -0.25) is 23.3 Å². The molecule has 0 amide bonds. The Labute approximate surface area is 348 Å². The van der Waals surface area contributed by atoms with Gasteiger partial charge in [0.1, 0.15) is 0 Å². The van der Waals surface area contributed by atoms with Crippen LogP contribution in [0.25, 0.3) is 61.6 Å². The van der Waals surface area contributed by atoms with Crippen LogP contribution in [0.5, 0.6) is 0 Å². The number of hydrogen-bond acceptors (Lipinski definition) is 2. The van der Waals surface area contributed by atoms with Gasteiger partial charge in [0.15, 0.2) is 0 Å². The summed E-state index contributed by atoms with van der Waals surface area (Å²) in [5.41, 5.74) is 11.7. The molecule has 3 nitrogen and oxygen atoms in total. The van der Waals surface area contributed by atoms with Crippen LogP contribution in [0.4, 0.5) is 0 Å². The van der Waals surface area contributed by atoms with E-state index in [1.54, 1.807) is 0 Å². The molecule has 0 aliphatic carbocycles. The third-order valence-electron chi connectivity index (χ3n) is 8.36. The van der Waals surface area contributed by atoms with Crippen molar-refractivity contribution in [3.05, 3.63) is 188 Å². The molecular weight excluding hydrogens is 886 g/mol. The van der Waals surface area contributed by atoms with Crippen LogP contribution in [0, 0.1) is 24.3 Å². The van der Waals surface area contributed by atoms with Crippen molar-refractivity contribution in [1.82, 2.24) is 14.5 Å². The average Bonchev–Trinajstić information content (AvgIpc) is 3.56. The molecule has 8 rings (SSSR count). The van der Waals surface area contributed by atoms with Crippen LogP contribution >= 0.6 is 0 Å². The predicted molar refractivity (Wildman–Crippen MR) is 207 cm³/mol. The molecular formula is C46H35BIrN3Y-4. The number of aromatic nitrogens is 3. The van der Waals surface area contributed by atoms with Gasteiger partial charge in [-0.25, -0.2) is 6.07 Å². The molecule has 2 heterocycles. The number of pyridine rings is 1. The van der Waals surface area contributed by atoms with Gasteiger partial charge in [-0.1, -0.05) is 98.6 Å². The van der Waals surface area contributed by atoms with E-state index in [1.807, 2.05) is 91.1 Å². The molecule has 0 aliphatic rings. The Hall–Kier alpha value is -4.24. The summed E-state index contributed by atoms with van der Waals surface area (Å²) in [5, 5.41) is 0. The van der Waals surface area contributed by atoms with Gasteiger partial charge in [0, 0.05) is 73.1 Å². The Kier molecular flexibility index (Phi) is 14.4. The minimum atomic E-state index is 0. The summed E-state index contributed by atoms with van der Waals surface area (Å²) in [7, 11) is 0. The molecule has 6 aromatic carbocycles. The molecule has 0 bridgehead atoms. The first-order valence-electron chi connectivity index (χ1n) is 16.4. The van der Waals surface area contributed by atoms with Crippen LogP contribution in [0.2, 0.25) is 0 Å². The van der Waals surface area contributed by atoms with E-state index < -0.39 is 0 Å². The summed E-state index contributed by atoms with van der Waals surface area (Å²) in [6.07, 6.45) is 1.87. The second-order valence-electron chi connectivity index (χ2n) is 12.8. The third kappa shape index (κ3) is 9.40. The number of imidazole rings is 1. The van der Waals surface area contributed by atoms with E-state index in [9.17, 15) is 0 Å². The fourth-order valence-corrected chi connectivity index (χ4v) is 5.73. The molecule has 0 atom stereocenters. The summed E-state index contributed by atoms with van der Waals surface area (Å²) >= 11 is 0. The van der Waals surface area contributed by atoms with Crippen molar-refractivity contribution in [1.29, 1.82) is 0 Å². The van der Waals surface area contributed by atoms with E-state index in [2.05, 4.69) is 121 Å². The van der Waals surface area contributed by atoms with E-state index in [1.165, 1.54) is 11.1 Å². The summed E-state index contributed by atoms with van der Waals surface area (Å²) in [5.74, 6) is 0.824. The van der Waals surface area contributed by atoms with E-state index in [4.69, 9.17) is 4.98 Å². The summed E-state index contributed by atoms with van der Waals surface area (Å²) in [4.78, 5) is 9.33. The molecule has 0 saturated heterocycles. The van der Waals surface area contributed by atoms with Crippen molar-refractivity contribution in [2.45, 2.75) is 26.2 Å². The zero-order valence-electron chi connectivity index (χ0n) is 29.3. The number of benzene rings is 6. The number of para-hydroxylation sites is 3. The second kappa shape index (κ2) is 18.5. The Bertz CT molecular complexity index is 2300. The van der Waals surface area contributed by atoms with E-state index >= 15 is 0 Å². The first-order chi connectivity index (χ1) is 23.9. The normalized spacial score (nSPS) is 10.5. The maximum atomic E-state index is 4.94. The fourth-order valence-electron chi connectivity index (χ4n) is 5.73. The van der Waals surface area contributed by atoms with Crippen LogP contribution in [0.3, 0.4) is 0 Å². The zero-order chi connectivity index (χ0) is 33.6. The van der Waals surface area contributed by atoms with E-state index in [-0.39, 0.29) is 66.6 Å². The Morgan fingerprint density at radius 3 is 2.02 bits per heavy atom. The standard InChI is InChI=1S/C31H19N2.C15H16N.B.Ir.Y/c1-3-10-23(11-4-1)24-18-20-25(21-19-24)26-12-9-13-27(22-26)31-32-29-16-7-8-17-30(29)33(31)28-14-5-2-6-15-28;1-15(2,3)13-9-10-16-14(11-13)12-7-5-4-6-8-12;;;/h1-12,14-20H;4-7,9-11H,1-3H3;;;/q-3;-1;;;. The van der Waals surface area contributed by atoms with Crippen molar-refractivity contribution in [3.63, 3.8) is 0 Å². The topological polar surface area (TPSA) is 30.7 Å². The van der Waals surface area contributed by atoms with Crippen molar-refractivity contribution in [2.24, 2.45) is 0 Å². The first kappa shape index (κ1) is 40.5. The van der Waals surface area contributed by atoms with Gasteiger partial charge < -0.3 is 20.6 Å². The predicted octanol–water partition coefficient (Wildman–Crippen LogP) is 10.9. The maximum absolute atomic E-state index is 4.94. The largest absolute Gasteiger partial charge is 0.374 e. The van der Waals surface area contributed by atoms with Crippen LogP contribution in [-0.2, 0) is 58.2 Å². The number of nitrogens with zero attached hydrogens (tertiary/aromatic N) is 3. The monoisotopic (exact) mass is 922 g/mol. The van der Waals surface area contributed by atoms with Gasteiger partial charge in [-0.05, 0) is 52.8 Å². The molecule has 253 valence electrons. The molecule has 0 fully saturated rings. The molecule has 5 radical (unpaired) electrons. The molecule has 0 unspecified atom stereocenters. The van der Waals surface area contributed by atoms with Gasteiger partial charge >= 0.3 is 0 Å². The van der Waals surface area contributed by atoms with Gasteiger partial charge in [0.2, 0.25) is 0 Å². The third-order valence-corrected chi connectivity index (χ3v) is 8.36. The van der Waals surface area contributed by atoms with Crippen LogP contribution in [-0.4, -0.2) is 22.9 Å². The van der Waals surface area contributed by atoms with Gasteiger partial charge in [0.25, 0.3) is 0 Å². The van der Waals surface area contributed by atoms with Crippen LogP contribution in [0.15, 0.2) is 158 Å². The SMILES string of the molecule is CC(C)(C)c1ccnc(-c2[c-]cccc2)c1.[B].[Ir].[Y].[c-]1ccc(-c2[c-]cc(-c3ccccc3)cc2)[c-]c1-c1nc2ccccc2n1-c1ccccc1.